The summed E-state index contributed by atoms with van der Waals surface area (Å²) in [5.74, 6) is -0.244. The number of aromatic nitrogens is 1. The number of benzene rings is 1. The SMILES string of the molecule is CCN(Cc1cccs1)C(=O)c1ccc(-c2ccccc2)[nH]c1=O. The number of nitrogens with one attached hydrogen (secondary N) is 1. The van der Waals surface area contributed by atoms with Gasteiger partial charge in [-0.05, 0) is 36.1 Å². The van der Waals surface area contributed by atoms with Crippen LogP contribution in [0.25, 0.3) is 11.3 Å². The number of amides is 1. The van der Waals surface area contributed by atoms with Crippen molar-refractivity contribution >= 4 is 17.2 Å². The van der Waals surface area contributed by atoms with Gasteiger partial charge in [0.25, 0.3) is 11.5 Å². The molecule has 0 bridgehead atoms. The molecule has 0 atom stereocenters. The average Bonchev–Trinajstić information content (AvgIpc) is 3.13. The monoisotopic (exact) mass is 338 g/mol. The van der Waals surface area contributed by atoms with Gasteiger partial charge in [0.1, 0.15) is 5.56 Å². The molecule has 0 aliphatic carbocycles. The molecule has 3 rings (SSSR count). The maximum atomic E-state index is 12.7. The minimum absolute atomic E-state index is 0.174. The predicted molar refractivity (Wildman–Crippen MR) is 97.2 cm³/mol. The molecule has 0 aliphatic heterocycles. The third kappa shape index (κ3) is 3.46. The third-order valence-corrected chi connectivity index (χ3v) is 4.68. The van der Waals surface area contributed by atoms with Crippen molar-refractivity contribution < 1.29 is 4.79 Å². The lowest BCUT2D eigenvalue weighted by molar-refractivity contribution is 0.0752. The standard InChI is InChI=1S/C19H18N2O2S/c1-2-21(13-15-9-6-12-24-15)19(23)16-10-11-17(20-18(16)22)14-7-4-3-5-8-14/h3-12H,2,13H2,1H3,(H,20,22). The number of aromatic amines is 1. The van der Waals surface area contributed by atoms with Crippen molar-refractivity contribution in [3.05, 3.63) is 80.8 Å². The van der Waals surface area contributed by atoms with E-state index in [2.05, 4.69) is 4.98 Å². The Bertz CT molecular complexity index is 870. The van der Waals surface area contributed by atoms with Crippen molar-refractivity contribution in [2.24, 2.45) is 0 Å². The molecule has 3 aromatic rings. The smallest absolute Gasteiger partial charge is 0.261 e. The summed E-state index contributed by atoms with van der Waals surface area (Å²) in [6.07, 6.45) is 0. The molecule has 0 aliphatic rings. The molecule has 1 aromatic carbocycles. The molecule has 2 aromatic heterocycles. The highest BCUT2D eigenvalue weighted by atomic mass is 32.1. The maximum Gasteiger partial charge on any atom is 0.261 e. The molecule has 0 unspecified atom stereocenters. The Kier molecular flexibility index (Phi) is 4.91. The van der Waals surface area contributed by atoms with Crippen molar-refractivity contribution in [3.63, 3.8) is 0 Å². The molecule has 1 amide bonds. The van der Waals surface area contributed by atoms with Gasteiger partial charge in [0.15, 0.2) is 0 Å². The summed E-state index contributed by atoms with van der Waals surface area (Å²) in [7, 11) is 0. The Hall–Kier alpha value is -2.66. The van der Waals surface area contributed by atoms with Crippen LogP contribution in [0.3, 0.4) is 0 Å². The van der Waals surface area contributed by atoms with Gasteiger partial charge in [-0.1, -0.05) is 36.4 Å². The van der Waals surface area contributed by atoms with Crippen LogP contribution in [0, 0.1) is 0 Å². The minimum Gasteiger partial charge on any atom is -0.334 e. The van der Waals surface area contributed by atoms with Crippen LogP contribution in [-0.2, 0) is 6.54 Å². The van der Waals surface area contributed by atoms with Crippen LogP contribution in [-0.4, -0.2) is 22.3 Å². The van der Waals surface area contributed by atoms with Gasteiger partial charge in [-0.15, -0.1) is 11.3 Å². The number of thiophene rings is 1. The molecular formula is C19H18N2O2S. The van der Waals surface area contributed by atoms with Crippen LogP contribution in [0.15, 0.2) is 64.8 Å². The Balaban J connectivity index is 1.86. The van der Waals surface area contributed by atoms with E-state index in [4.69, 9.17) is 0 Å². The number of carbonyl (C=O) groups excluding carboxylic acids is 1. The van der Waals surface area contributed by atoms with E-state index in [1.54, 1.807) is 28.4 Å². The number of H-pyrrole nitrogens is 1. The van der Waals surface area contributed by atoms with Crippen LogP contribution in [0.1, 0.15) is 22.2 Å². The predicted octanol–water partition coefficient (Wildman–Crippen LogP) is 3.77. The summed E-state index contributed by atoms with van der Waals surface area (Å²) >= 11 is 1.60. The summed E-state index contributed by atoms with van der Waals surface area (Å²) < 4.78 is 0. The van der Waals surface area contributed by atoms with E-state index in [0.717, 1.165) is 10.4 Å². The first kappa shape index (κ1) is 16.2. The number of nitrogens with zero attached hydrogens (tertiary/aromatic N) is 1. The first-order valence-electron chi connectivity index (χ1n) is 7.79. The topological polar surface area (TPSA) is 53.2 Å². The van der Waals surface area contributed by atoms with E-state index < -0.39 is 0 Å². The summed E-state index contributed by atoms with van der Waals surface area (Å²) in [4.78, 5) is 30.6. The van der Waals surface area contributed by atoms with Crippen LogP contribution in [0.5, 0.6) is 0 Å². The Morgan fingerprint density at radius 3 is 2.50 bits per heavy atom. The molecule has 4 nitrogen and oxygen atoms in total. The molecule has 0 spiro atoms. The Morgan fingerprint density at radius 2 is 1.88 bits per heavy atom. The summed E-state index contributed by atoms with van der Waals surface area (Å²) in [5.41, 5.74) is 1.44. The van der Waals surface area contributed by atoms with E-state index >= 15 is 0 Å². The fourth-order valence-corrected chi connectivity index (χ4v) is 3.24. The van der Waals surface area contributed by atoms with Gasteiger partial charge in [-0.3, -0.25) is 9.59 Å². The zero-order valence-electron chi connectivity index (χ0n) is 13.4. The second kappa shape index (κ2) is 7.27. The molecule has 24 heavy (non-hydrogen) atoms. The van der Waals surface area contributed by atoms with Gasteiger partial charge >= 0.3 is 0 Å². The number of rotatable bonds is 5. The van der Waals surface area contributed by atoms with Gasteiger partial charge in [0.2, 0.25) is 0 Å². The molecule has 0 radical (unpaired) electrons. The van der Waals surface area contributed by atoms with Crippen molar-refractivity contribution in [2.75, 3.05) is 6.54 Å². The number of pyridine rings is 1. The quantitative estimate of drug-likeness (QED) is 0.770. The van der Waals surface area contributed by atoms with Crippen molar-refractivity contribution in [2.45, 2.75) is 13.5 Å². The van der Waals surface area contributed by atoms with E-state index in [1.165, 1.54) is 0 Å². The zero-order chi connectivity index (χ0) is 16.9. The molecule has 0 saturated heterocycles. The summed E-state index contributed by atoms with van der Waals surface area (Å²) in [5, 5.41) is 1.98. The fourth-order valence-electron chi connectivity index (χ4n) is 2.52. The molecule has 0 saturated carbocycles. The highest BCUT2D eigenvalue weighted by Gasteiger charge is 2.18. The molecule has 122 valence electrons. The highest BCUT2D eigenvalue weighted by Crippen LogP contribution is 2.16. The summed E-state index contributed by atoms with van der Waals surface area (Å²) in [6.45, 7) is 2.99. The second-order valence-corrected chi connectivity index (χ2v) is 6.41. The van der Waals surface area contributed by atoms with E-state index in [-0.39, 0.29) is 17.0 Å². The van der Waals surface area contributed by atoms with E-state index in [1.807, 2.05) is 54.8 Å². The first-order chi connectivity index (χ1) is 11.7. The van der Waals surface area contributed by atoms with Gasteiger partial charge in [-0.2, -0.15) is 0 Å². The van der Waals surface area contributed by atoms with Crippen LogP contribution in [0.4, 0.5) is 0 Å². The van der Waals surface area contributed by atoms with E-state index in [0.29, 0.717) is 18.8 Å². The minimum atomic E-state index is -0.356. The first-order valence-corrected chi connectivity index (χ1v) is 8.67. The van der Waals surface area contributed by atoms with Crippen LogP contribution < -0.4 is 5.56 Å². The van der Waals surface area contributed by atoms with Gasteiger partial charge in [0, 0.05) is 17.1 Å². The van der Waals surface area contributed by atoms with Gasteiger partial charge in [0.05, 0.1) is 6.54 Å². The van der Waals surface area contributed by atoms with Gasteiger partial charge < -0.3 is 9.88 Å². The van der Waals surface area contributed by atoms with E-state index in [9.17, 15) is 9.59 Å². The fraction of sp³-hybridized carbons (Fsp3) is 0.158. The largest absolute Gasteiger partial charge is 0.334 e. The zero-order valence-corrected chi connectivity index (χ0v) is 14.2. The Morgan fingerprint density at radius 1 is 1.08 bits per heavy atom. The van der Waals surface area contributed by atoms with Gasteiger partial charge in [-0.25, -0.2) is 0 Å². The number of carbonyl (C=O) groups is 1. The molecular weight excluding hydrogens is 320 g/mol. The van der Waals surface area contributed by atoms with Crippen molar-refractivity contribution in [1.82, 2.24) is 9.88 Å². The molecule has 0 fully saturated rings. The normalized spacial score (nSPS) is 10.5. The number of hydrogen-bond donors (Lipinski definition) is 1. The lowest BCUT2D eigenvalue weighted by Crippen LogP contribution is -2.34. The van der Waals surface area contributed by atoms with Crippen molar-refractivity contribution in [3.8, 4) is 11.3 Å². The maximum absolute atomic E-state index is 12.7. The highest BCUT2D eigenvalue weighted by molar-refractivity contribution is 7.09. The lowest BCUT2D eigenvalue weighted by Gasteiger charge is -2.19. The molecule has 2 heterocycles. The van der Waals surface area contributed by atoms with Crippen LogP contribution >= 0.6 is 11.3 Å². The lowest BCUT2D eigenvalue weighted by atomic mass is 10.1. The second-order valence-electron chi connectivity index (χ2n) is 5.38. The summed E-state index contributed by atoms with van der Waals surface area (Å²) in [6, 6.07) is 16.9. The van der Waals surface area contributed by atoms with Crippen LogP contribution in [0.2, 0.25) is 0 Å². The number of hydrogen-bond acceptors (Lipinski definition) is 3. The van der Waals surface area contributed by atoms with Crippen molar-refractivity contribution in [1.29, 1.82) is 0 Å². The average molecular weight is 338 g/mol. The third-order valence-electron chi connectivity index (χ3n) is 3.82. The Labute approximate surface area is 144 Å². The molecule has 1 N–H and O–H groups in total. The molecule has 5 heteroatoms.